The number of rotatable bonds is 4. The highest BCUT2D eigenvalue weighted by atomic mass is 16.3. The summed E-state index contributed by atoms with van der Waals surface area (Å²) in [6.07, 6.45) is 4.03. The van der Waals surface area contributed by atoms with E-state index < -0.39 is 0 Å². The average Bonchev–Trinajstić information content (AvgIpc) is 3.78. The minimum Gasteiger partial charge on any atom is -0.456 e. The molecular formula is C42H28N2O2. The number of allylic oxidation sites excluding steroid dienone is 1. The summed E-state index contributed by atoms with van der Waals surface area (Å²) >= 11 is 0. The molecule has 0 unspecified atom stereocenters. The Morgan fingerprint density at radius 1 is 0.478 bits per heavy atom. The van der Waals surface area contributed by atoms with Crippen molar-refractivity contribution in [2.75, 3.05) is 4.90 Å². The molecule has 0 aliphatic heterocycles. The van der Waals surface area contributed by atoms with E-state index in [0.717, 1.165) is 63.2 Å². The van der Waals surface area contributed by atoms with Crippen molar-refractivity contribution in [3.8, 4) is 5.69 Å². The molecule has 0 spiro atoms. The monoisotopic (exact) mass is 592 g/mol. The van der Waals surface area contributed by atoms with Gasteiger partial charge in [0, 0.05) is 67.4 Å². The fourth-order valence-corrected chi connectivity index (χ4v) is 7.43. The number of para-hydroxylation sites is 4. The number of benzene rings is 6. The zero-order valence-corrected chi connectivity index (χ0v) is 25.0. The molecule has 6 aromatic carbocycles. The number of hydrogen-bond acceptors (Lipinski definition) is 3. The molecule has 3 heterocycles. The number of nitrogens with zero attached hydrogens (tertiary/aromatic N) is 2. The van der Waals surface area contributed by atoms with E-state index in [1.807, 2.05) is 18.2 Å². The van der Waals surface area contributed by atoms with Gasteiger partial charge in [-0.15, -0.1) is 0 Å². The maximum Gasteiger partial charge on any atom is 0.137 e. The minimum absolute atomic E-state index is 0.881. The van der Waals surface area contributed by atoms with Gasteiger partial charge in [-0.1, -0.05) is 72.8 Å². The van der Waals surface area contributed by atoms with Gasteiger partial charge >= 0.3 is 0 Å². The van der Waals surface area contributed by atoms with E-state index in [-0.39, 0.29) is 0 Å². The highest BCUT2D eigenvalue weighted by Gasteiger charge is 2.24. The van der Waals surface area contributed by atoms with Crippen LogP contribution in [0.25, 0.3) is 66.5 Å². The second kappa shape index (κ2) is 9.75. The van der Waals surface area contributed by atoms with Crippen LogP contribution in [0.4, 0.5) is 11.4 Å². The lowest BCUT2D eigenvalue weighted by Gasteiger charge is -2.30. The van der Waals surface area contributed by atoms with Crippen molar-refractivity contribution in [2.45, 2.75) is 12.8 Å². The molecule has 0 saturated heterocycles. The SMILES string of the molecule is C1=C(N(c2ccc(-n3c4ccccc4c4ccccc43)cc2)c2ccc3c(c2)oc2ccccc23)CCc2c1oc1ccccc21. The van der Waals surface area contributed by atoms with E-state index in [1.165, 1.54) is 38.5 Å². The third-order valence-electron chi connectivity index (χ3n) is 9.51. The molecule has 218 valence electrons. The first-order chi connectivity index (χ1) is 22.8. The molecule has 0 N–H and O–H groups in total. The molecule has 46 heavy (non-hydrogen) atoms. The normalized spacial score (nSPS) is 13.2. The van der Waals surface area contributed by atoms with Crippen molar-refractivity contribution >= 4 is 72.2 Å². The van der Waals surface area contributed by atoms with Crippen LogP contribution >= 0.6 is 0 Å². The van der Waals surface area contributed by atoms with E-state index in [1.54, 1.807) is 0 Å². The van der Waals surface area contributed by atoms with Crippen molar-refractivity contribution in [3.63, 3.8) is 0 Å². The predicted octanol–water partition coefficient (Wildman–Crippen LogP) is 11.6. The highest BCUT2D eigenvalue weighted by Crippen LogP contribution is 2.41. The largest absolute Gasteiger partial charge is 0.456 e. The molecule has 3 aromatic heterocycles. The van der Waals surface area contributed by atoms with Crippen molar-refractivity contribution in [1.82, 2.24) is 4.57 Å². The van der Waals surface area contributed by atoms with Crippen molar-refractivity contribution in [3.05, 3.63) is 157 Å². The zero-order valence-electron chi connectivity index (χ0n) is 25.0. The maximum atomic E-state index is 6.38. The van der Waals surface area contributed by atoms with Crippen LogP contribution in [-0.2, 0) is 6.42 Å². The summed E-state index contributed by atoms with van der Waals surface area (Å²) in [6, 6.07) is 49.4. The van der Waals surface area contributed by atoms with Crippen LogP contribution in [0.1, 0.15) is 17.7 Å². The van der Waals surface area contributed by atoms with E-state index in [2.05, 4.69) is 137 Å². The van der Waals surface area contributed by atoms with Gasteiger partial charge in [0.15, 0.2) is 0 Å². The first-order valence-corrected chi connectivity index (χ1v) is 15.8. The van der Waals surface area contributed by atoms with Crippen molar-refractivity contribution in [2.24, 2.45) is 0 Å². The number of aryl methyl sites for hydroxylation is 1. The van der Waals surface area contributed by atoms with Crippen LogP contribution in [0.3, 0.4) is 0 Å². The smallest absolute Gasteiger partial charge is 0.137 e. The Morgan fingerprint density at radius 2 is 1.07 bits per heavy atom. The minimum atomic E-state index is 0.881. The topological polar surface area (TPSA) is 34.5 Å². The second-order valence-electron chi connectivity index (χ2n) is 12.1. The summed E-state index contributed by atoms with van der Waals surface area (Å²) in [5, 5.41) is 5.99. The summed E-state index contributed by atoms with van der Waals surface area (Å²) in [5.41, 5.74) is 10.9. The van der Waals surface area contributed by atoms with Gasteiger partial charge in [-0.3, -0.25) is 0 Å². The van der Waals surface area contributed by atoms with Gasteiger partial charge in [0.1, 0.15) is 22.5 Å². The summed E-state index contributed by atoms with van der Waals surface area (Å²) in [7, 11) is 0. The van der Waals surface area contributed by atoms with E-state index >= 15 is 0 Å². The number of aromatic nitrogens is 1. The number of furan rings is 2. The lowest BCUT2D eigenvalue weighted by Crippen LogP contribution is -2.18. The van der Waals surface area contributed by atoms with Crippen LogP contribution < -0.4 is 4.90 Å². The van der Waals surface area contributed by atoms with Gasteiger partial charge in [-0.2, -0.15) is 0 Å². The van der Waals surface area contributed by atoms with Gasteiger partial charge in [0.25, 0.3) is 0 Å². The Bertz CT molecular complexity index is 2600. The fraction of sp³-hybridized carbons (Fsp3) is 0.0476. The molecule has 1 aliphatic rings. The molecule has 0 bridgehead atoms. The number of anilines is 2. The molecule has 0 amide bonds. The first-order valence-electron chi connectivity index (χ1n) is 15.8. The summed E-state index contributed by atoms with van der Waals surface area (Å²) < 4.78 is 15.1. The van der Waals surface area contributed by atoms with Gasteiger partial charge in [0.05, 0.1) is 11.0 Å². The third-order valence-corrected chi connectivity index (χ3v) is 9.51. The third kappa shape index (κ3) is 3.74. The van der Waals surface area contributed by atoms with Crippen LogP contribution in [-0.4, -0.2) is 4.57 Å². The summed E-state index contributed by atoms with van der Waals surface area (Å²) in [5.74, 6) is 0.944. The van der Waals surface area contributed by atoms with Crippen LogP contribution in [0.15, 0.2) is 154 Å². The molecule has 0 radical (unpaired) electrons. The number of fused-ring (bicyclic) bond motifs is 9. The van der Waals surface area contributed by atoms with Crippen LogP contribution in [0, 0.1) is 0 Å². The molecule has 10 rings (SSSR count). The fourth-order valence-electron chi connectivity index (χ4n) is 7.43. The summed E-state index contributed by atoms with van der Waals surface area (Å²) in [4.78, 5) is 2.36. The first kappa shape index (κ1) is 25.3. The van der Waals surface area contributed by atoms with Crippen LogP contribution in [0.2, 0.25) is 0 Å². The number of hydrogen-bond donors (Lipinski definition) is 0. The Hall–Kier alpha value is -6.00. The molecule has 4 nitrogen and oxygen atoms in total. The average molecular weight is 593 g/mol. The van der Waals surface area contributed by atoms with Gasteiger partial charge in [-0.05, 0) is 73.5 Å². The molecule has 0 saturated carbocycles. The van der Waals surface area contributed by atoms with Crippen molar-refractivity contribution < 1.29 is 8.83 Å². The summed E-state index contributed by atoms with van der Waals surface area (Å²) in [6.45, 7) is 0. The zero-order chi connectivity index (χ0) is 30.2. The Balaban J connectivity index is 1.14. The van der Waals surface area contributed by atoms with E-state index in [0.29, 0.717) is 0 Å². The Morgan fingerprint density at radius 3 is 1.80 bits per heavy atom. The quantitative estimate of drug-likeness (QED) is 0.204. The Labute approximate surface area is 265 Å². The van der Waals surface area contributed by atoms with E-state index in [9.17, 15) is 0 Å². The van der Waals surface area contributed by atoms with Crippen molar-refractivity contribution in [1.29, 1.82) is 0 Å². The molecular weight excluding hydrogens is 564 g/mol. The lowest BCUT2D eigenvalue weighted by atomic mass is 9.97. The molecule has 4 heteroatoms. The van der Waals surface area contributed by atoms with E-state index in [4.69, 9.17) is 8.83 Å². The molecule has 9 aromatic rings. The molecule has 1 aliphatic carbocycles. The lowest BCUT2D eigenvalue weighted by molar-refractivity contribution is 0.593. The van der Waals surface area contributed by atoms with Crippen LogP contribution in [0.5, 0.6) is 0 Å². The maximum absolute atomic E-state index is 6.38. The Kier molecular flexibility index (Phi) is 5.37. The van der Waals surface area contributed by atoms with Gasteiger partial charge in [-0.25, -0.2) is 0 Å². The molecule has 0 fully saturated rings. The second-order valence-corrected chi connectivity index (χ2v) is 12.1. The standard InChI is InChI=1S/C42H28N2O2/c1-5-13-37-31(9-1)32-10-2-6-14-38(32)44(37)28-19-17-27(18-20-28)43(29-21-23-35-33-11-3-7-15-39(33)45-41(35)25-29)30-22-24-36-34-12-4-8-16-40(34)46-42(36)26-30/h1-21,23,25-26H,22,24H2. The van der Waals surface area contributed by atoms with Gasteiger partial charge < -0.3 is 18.3 Å². The molecule has 0 atom stereocenters. The van der Waals surface area contributed by atoms with Gasteiger partial charge in [0.2, 0.25) is 0 Å². The predicted molar refractivity (Wildman–Crippen MR) is 189 cm³/mol. The highest BCUT2D eigenvalue weighted by molar-refractivity contribution is 6.09.